The SMILES string of the molecule is COc1ccccc1[C@@H]1C2=C(N=c3s/c(=C/c4ccc(Sc5ncn[nH]5)c([N+](=O)[O-])c4)c(=O)n31)c1ccccc1CC2. The average Bonchev–Trinajstić information content (AvgIpc) is 3.64. The Labute approximate surface area is 246 Å². The number of nitro benzene ring substituents is 1. The van der Waals surface area contributed by atoms with E-state index >= 15 is 0 Å². The first-order valence-electron chi connectivity index (χ1n) is 13.1. The summed E-state index contributed by atoms with van der Waals surface area (Å²) in [5.74, 6) is 0.695. The molecule has 0 saturated carbocycles. The van der Waals surface area contributed by atoms with Gasteiger partial charge in [0.25, 0.3) is 11.2 Å². The van der Waals surface area contributed by atoms with E-state index in [0.717, 1.165) is 47.0 Å². The highest BCUT2D eigenvalue weighted by Crippen LogP contribution is 2.43. The molecule has 3 aromatic carbocycles. The van der Waals surface area contributed by atoms with Crippen molar-refractivity contribution in [2.75, 3.05) is 7.11 Å². The number of aromatic amines is 1. The molecule has 0 radical (unpaired) electrons. The van der Waals surface area contributed by atoms with Gasteiger partial charge < -0.3 is 4.74 Å². The zero-order chi connectivity index (χ0) is 28.8. The third-order valence-electron chi connectivity index (χ3n) is 7.38. The van der Waals surface area contributed by atoms with Crippen LogP contribution in [-0.4, -0.2) is 31.8 Å². The number of H-pyrrole nitrogens is 1. The summed E-state index contributed by atoms with van der Waals surface area (Å²) in [5.41, 5.74) is 5.40. The fraction of sp³-hybridized carbons (Fsp3) is 0.133. The van der Waals surface area contributed by atoms with E-state index in [1.54, 1.807) is 29.9 Å². The van der Waals surface area contributed by atoms with Crippen molar-refractivity contribution in [3.8, 4) is 5.75 Å². The second-order valence-corrected chi connectivity index (χ2v) is 11.8. The van der Waals surface area contributed by atoms with Crippen molar-refractivity contribution >= 4 is 40.6 Å². The number of nitrogens with one attached hydrogen (secondary N) is 1. The number of para-hydroxylation sites is 1. The summed E-state index contributed by atoms with van der Waals surface area (Å²) in [6.45, 7) is 0. The van der Waals surface area contributed by atoms with E-state index in [0.29, 0.717) is 30.7 Å². The Hall–Kier alpha value is -4.81. The average molecular weight is 595 g/mol. The first kappa shape index (κ1) is 26.1. The molecule has 7 rings (SSSR count). The Morgan fingerprint density at radius 3 is 2.79 bits per heavy atom. The quantitative estimate of drug-likeness (QED) is 0.226. The first-order chi connectivity index (χ1) is 20.5. The lowest BCUT2D eigenvalue weighted by atomic mass is 9.83. The number of aryl methyl sites for hydroxylation is 1. The van der Waals surface area contributed by atoms with Gasteiger partial charge in [0, 0.05) is 17.2 Å². The predicted molar refractivity (Wildman–Crippen MR) is 159 cm³/mol. The third-order valence-corrected chi connectivity index (χ3v) is 9.32. The number of hydrogen-bond acceptors (Lipinski definition) is 9. The van der Waals surface area contributed by atoms with Crippen molar-refractivity contribution in [1.29, 1.82) is 0 Å². The van der Waals surface area contributed by atoms with Crippen LogP contribution in [-0.2, 0) is 6.42 Å². The fourth-order valence-corrected chi connectivity index (χ4v) is 7.32. The molecule has 10 nitrogen and oxygen atoms in total. The molecule has 0 unspecified atom stereocenters. The van der Waals surface area contributed by atoms with Crippen LogP contribution in [0.3, 0.4) is 0 Å². The van der Waals surface area contributed by atoms with Crippen molar-refractivity contribution in [3.05, 3.63) is 131 Å². The molecule has 0 fully saturated rings. The van der Waals surface area contributed by atoms with Gasteiger partial charge in [-0.3, -0.25) is 24.6 Å². The van der Waals surface area contributed by atoms with Gasteiger partial charge in [0.2, 0.25) is 0 Å². The minimum atomic E-state index is -0.440. The smallest absolute Gasteiger partial charge is 0.283 e. The molecule has 42 heavy (non-hydrogen) atoms. The monoisotopic (exact) mass is 594 g/mol. The minimum Gasteiger partial charge on any atom is -0.496 e. The van der Waals surface area contributed by atoms with Crippen LogP contribution in [0.15, 0.2) is 98.5 Å². The zero-order valence-corrected chi connectivity index (χ0v) is 23.8. The maximum Gasteiger partial charge on any atom is 0.283 e. The van der Waals surface area contributed by atoms with Gasteiger partial charge in [0.1, 0.15) is 12.1 Å². The number of nitro groups is 1. The van der Waals surface area contributed by atoms with E-state index < -0.39 is 11.0 Å². The molecular formula is C30H22N6O4S2. The van der Waals surface area contributed by atoms with Gasteiger partial charge in [0.15, 0.2) is 9.96 Å². The van der Waals surface area contributed by atoms with Crippen molar-refractivity contribution < 1.29 is 9.66 Å². The Morgan fingerprint density at radius 2 is 1.98 bits per heavy atom. The van der Waals surface area contributed by atoms with Crippen LogP contribution >= 0.6 is 23.1 Å². The summed E-state index contributed by atoms with van der Waals surface area (Å²) in [6.07, 6.45) is 4.65. The first-order valence-corrected chi connectivity index (χ1v) is 14.7. The van der Waals surface area contributed by atoms with Crippen LogP contribution in [0.2, 0.25) is 0 Å². The predicted octanol–water partition coefficient (Wildman–Crippen LogP) is 4.50. The molecule has 0 bridgehead atoms. The van der Waals surface area contributed by atoms with Crippen molar-refractivity contribution in [1.82, 2.24) is 19.7 Å². The lowest BCUT2D eigenvalue weighted by Gasteiger charge is -2.31. The molecule has 0 amide bonds. The summed E-state index contributed by atoms with van der Waals surface area (Å²) in [7, 11) is 1.63. The minimum absolute atomic E-state index is 0.0862. The molecule has 12 heteroatoms. The van der Waals surface area contributed by atoms with Gasteiger partial charge in [-0.15, -0.1) is 0 Å². The number of nitrogens with zero attached hydrogens (tertiary/aromatic N) is 5. The normalized spacial score (nSPS) is 15.9. The molecule has 1 aliphatic carbocycles. The van der Waals surface area contributed by atoms with Gasteiger partial charge in [-0.25, -0.2) is 9.98 Å². The standard InChI is InChI=1S/C30H22N6O4S2/c1-40-23-9-5-4-8-20(23)27-21-12-11-18-6-2-3-7-19(18)26(21)33-30-35(27)28(37)25(42-30)15-17-10-13-24(22(14-17)36(38)39)41-29-31-16-32-34-29/h2-10,13-16,27H,11-12H2,1H3,(H,31,32,34)/b25-15+/t27-/m1/s1. The number of benzene rings is 3. The molecule has 208 valence electrons. The molecule has 0 saturated heterocycles. The summed E-state index contributed by atoms with van der Waals surface area (Å²) in [5, 5.41) is 18.9. The highest BCUT2D eigenvalue weighted by Gasteiger charge is 2.34. The lowest BCUT2D eigenvalue weighted by molar-refractivity contribution is -0.387. The second kappa shape index (κ2) is 10.5. The third kappa shape index (κ3) is 4.45. The molecule has 1 atom stereocenters. The van der Waals surface area contributed by atoms with Crippen LogP contribution in [0.5, 0.6) is 5.75 Å². The number of fused-ring (bicyclic) bond motifs is 3. The molecule has 5 aromatic rings. The number of hydrogen-bond donors (Lipinski definition) is 1. The van der Waals surface area contributed by atoms with E-state index in [2.05, 4.69) is 27.3 Å². The summed E-state index contributed by atoms with van der Waals surface area (Å²) < 4.78 is 7.92. The maximum atomic E-state index is 14.1. The maximum absolute atomic E-state index is 14.1. The van der Waals surface area contributed by atoms with Gasteiger partial charge in [-0.05, 0) is 59.5 Å². The number of rotatable bonds is 6. The van der Waals surface area contributed by atoms with E-state index in [-0.39, 0.29) is 11.2 Å². The summed E-state index contributed by atoms with van der Waals surface area (Å²) in [6, 6.07) is 20.5. The Morgan fingerprint density at radius 1 is 1.14 bits per heavy atom. The second-order valence-electron chi connectivity index (χ2n) is 9.73. The van der Waals surface area contributed by atoms with Gasteiger partial charge in [0.05, 0.1) is 33.2 Å². The van der Waals surface area contributed by atoms with E-state index in [1.165, 1.54) is 29.3 Å². The highest BCUT2D eigenvalue weighted by molar-refractivity contribution is 7.99. The van der Waals surface area contributed by atoms with Crippen molar-refractivity contribution in [3.63, 3.8) is 0 Å². The molecule has 1 aliphatic heterocycles. The van der Waals surface area contributed by atoms with Crippen LogP contribution < -0.4 is 19.6 Å². The highest BCUT2D eigenvalue weighted by atomic mass is 32.2. The zero-order valence-electron chi connectivity index (χ0n) is 22.2. The van der Waals surface area contributed by atoms with Gasteiger partial charge in [-0.1, -0.05) is 59.9 Å². The number of ether oxygens (including phenoxy) is 1. The van der Waals surface area contributed by atoms with Crippen LogP contribution in [0.25, 0.3) is 11.8 Å². The molecular weight excluding hydrogens is 573 g/mol. The van der Waals surface area contributed by atoms with Crippen LogP contribution in [0, 0.1) is 10.1 Å². The van der Waals surface area contributed by atoms with Crippen molar-refractivity contribution in [2.24, 2.45) is 4.99 Å². The number of aromatic nitrogens is 4. The van der Waals surface area contributed by atoms with Gasteiger partial charge >= 0.3 is 0 Å². The topological polar surface area (TPSA) is 128 Å². The van der Waals surface area contributed by atoms with E-state index in [4.69, 9.17) is 9.73 Å². The van der Waals surface area contributed by atoms with Gasteiger partial charge in [-0.2, -0.15) is 5.10 Å². The van der Waals surface area contributed by atoms with E-state index in [9.17, 15) is 14.9 Å². The number of thiazole rings is 1. The summed E-state index contributed by atoms with van der Waals surface area (Å²) >= 11 is 2.39. The van der Waals surface area contributed by atoms with Crippen LogP contribution in [0.4, 0.5) is 5.69 Å². The van der Waals surface area contributed by atoms with Crippen LogP contribution in [0.1, 0.15) is 34.7 Å². The molecule has 2 aromatic heterocycles. The molecule has 0 spiro atoms. The van der Waals surface area contributed by atoms with Crippen molar-refractivity contribution in [2.45, 2.75) is 28.9 Å². The Kier molecular flexibility index (Phi) is 6.56. The fourth-order valence-electron chi connectivity index (χ4n) is 5.54. The molecule has 3 heterocycles. The molecule has 2 aliphatic rings. The Bertz CT molecular complexity index is 2080. The number of allylic oxidation sites excluding steroid dienone is 1. The Balaban J connectivity index is 1.41. The molecule has 1 N–H and O–H groups in total. The van der Waals surface area contributed by atoms with E-state index in [1.807, 2.05) is 36.4 Å². The number of methoxy groups -OCH3 is 1. The largest absolute Gasteiger partial charge is 0.496 e. The summed E-state index contributed by atoms with van der Waals surface area (Å²) in [4.78, 5) is 35.6. The lowest BCUT2D eigenvalue weighted by Crippen LogP contribution is -2.39.